The maximum Gasteiger partial charge on any atom is 0.240 e. The topological polar surface area (TPSA) is 55.1 Å². The van der Waals surface area contributed by atoms with Crippen LogP contribution in [-0.4, -0.2) is 11.4 Å². The van der Waals surface area contributed by atoms with Gasteiger partial charge in [0.1, 0.15) is 5.82 Å². The normalized spacial score (nSPS) is 17.7. The molecule has 0 spiro atoms. The van der Waals surface area contributed by atoms with Gasteiger partial charge in [-0.05, 0) is 36.6 Å². The minimum absolute atomic E-state index is 0.142. The molecular formula is C13H16BrFN2O. The van der Waals surface area contributed by atoms with Gasteiger partial charge in [0.2, 0.25) is 5.91 Å². The molecule has 3 nitrogen and oxygen atoms in total. The summed E-state index contributed by atoms with van der Waals surface area (Å²) >= 11 is 3.33. The molecule has 98 valence electrons. The first kappa shape index (κ1) is 13.5. The Bertz CT molecular complexity index is 458. The van der Waals surface area contributed by atoms with Gasteiger partial charge in [-0.2, -0.15) is 0 Å². The third kappa shape index (κ3) is 2.90. The summed E-state index contributed by atoms with van der Waals surface area (Å²) in [4.78, 5) is 12.0. The Kier molecular flexibility index (Phi) is 4.02. The number of nitrogens with one attached hydrogen (secondary N) is 1. The Morgan fingerprint density at radius 1 is 1.44 bits per heavy atom. The van der Waals surface area contributed by atoms with Gasteiger partial charge in [0.15, 0.2) is 0 Å². The fraction of sp³-hybridized carbons (Fsp3) is 0.462. The zero-order chi connectivity index (χ0) is 13.2. The Balaban J connectivity index is 1.99. The van der Waals surface area contributed by atoms with Gasteiger partial charge >= 0.3 is 0 Å². The van der Waals surface area contributed by atoms with E-state index in [1.54, 1.807) is 6.07 Å². The molecule has 0 heterocycles. The van der Waals surface area contributed by atoms with E-state index in [1.165, 1.54) is 12.1 Å². The Hall–Kier alpha value is -0.940. The highest BCUT2D eigenvalue weighted by Crippen LogP contribution is 2.27. The lowest BCUT2D eigenvalue weighted by atomic mass is 9.98. The molecule has 0 radical (unpaired) electrons. The predicted octanol–water partition coefficient (Wildman–Crippen LogP) is 2.48. The predicted molar refractivity (Wildman–Crippen MR) is 71.3 cm³/mol. The number of amides is 1. The van der Waals surface area contributed by atoms with Crippen LogP contribution in [0.4, 0.5) is 4.39 Å². The number of nitrogens with two attached hydrogens (primary N) is 1. The van der Waals surface area contributed by atoms with Crippen LogP contribution in [0, 0.1) is 5.82 Å². The fourth-order valence-corrected chi connectivity index (χ4v) is 2.65. The molecule has 1 aliphatic carbocycles. The molecule has 0 saturated heterocycles. The zero-order valence-corrected chi connectivity index (χ0v) is 11.6. The highest BCUT2D eigenvalue weighted by molar-refractivity contribution is 9.10. The molecular weight excluding hydrogens is 299 g/mol. The van der Waals surface area contributed by atoms with Gasteiger partial charge in [0, 0.05) is 11.0 Å². The van der Waals surface area contributed by atoms with Crippen LogP contribution < -0.4 is 11.1 Å². The molecule has 0 unspecified atom stereocenters. The molecule has 0 atom stereocenters. The lowest BCUT2D eigenvalue weighted by molar-refractivity contribution is -0.126. The Labute approximate surface area is 114 Å². The Morgan fingerprint density at radius 3 is 2.78 bits per heavy atom. The molecule has 0 aliphatic heterocycles. The number of halogens is 2. The molecule has 1 fully saturated rings. The molecule has 18 heavy (non-hydrogen) atoms. The second kappa shape index (κ2) is 5.36. The molecule has 0 bridgehead atoms. The molecule has 1 aliphatic rings. The van der Waals surface area contributed by atoms with Crippen molar-refractivity contribution < 1.29 is 9.18 Å². The summed E-state index contributed by atoms with van der Waals surface area (Å²) in [7, 11) is 0. The van der Waals surface area contributed by atoms with Gasteiger partial charge < -0.3 is 11.1 Å². The van der Waals surface area contributed by atoms with Gasteiger partial charge in [-0.1, -0.05) is 28.8 Å². The monoisotopic (exact) mass is 314 g/mol. The number of rotatable bonds is 3. The maximum absolute atomic E-state index is 13.1. The number of benzene rings is 1. The van der Waals surface area contributed by atoms with Crippen LogP contribution in [0.2, 0.25) is 0 Å². The molecule has 1 amide bonds. The Morgan fingerprint density at radius 2 is 2.11 bits per heavy atom. The van der Waals surface area contributed by atoms with Crippen molar-refractivity contribution in [1.29, 1.82) is 0 Å². The van der Waals surface area contributed by atoms with Crippen LogP contribution in [0.3, 0.4) is 0 Å². The summed E-state index contributed by atoms with van der Waals surface area (Å²) in [6.45, 7) is 0.288. The highest BCUT2D eigenvalue weighted by atomic mass is 79.9. The SMILES string of the molecule is NC1(C(=O)NCc2cc(F)ccc2Br)CCCC1. The van der Waals surface area contributed by atoms with Crippen molar-refractivity contribution in [3.63, 3.8) is 0 Å². The summed E-state index contributed by atoms with van der Waals surface area (Å²) in [6.07, 6.45) is 3.44. The van der Waals surface area contributed by atoms with Crippen molar-refractivity contribution in [1.82, 2.24) is 5.32 Å². The third-order valence-corrected chi connectivity index (χ3v) is 4.17. The third-order valence-electron chi connectivity index (χ3n) is 3.40. The summed E-state index contributed by atoms with van der Waals surface area (Å²) in [6, 6.07) is 4.41. The van der Waals surface area contributed by atoms with Crippen molar-refractivity contribution in [3.05, 3.63) is 34.1 Å². The molecule has 1 aromatic rings. The van der Waals surface area contributed by atoms with Crippen molar-refractivity contribution in [2.75, 3.05) is 0 Å². The molecule has 3 N–H and O–H groups in total. The van der Waals surface area contributed by atoms with Crippen LogP contribution >= 0.6 is 15.9 Å². The van der Waals surface area contributed by atoms with Crippen LogP contribution in [-0.2, 0) is 11.3 Å². The van der Waals surface area contributed by atoms with E-state index in [9.17, 15) is 9.18 Å². The van der Waals surface area contributed by atoms with Crippen molar-refractivity contribution >= 4 is 21.8 Å². The standard InChI is InChI=1S/C13H16BrFN2O/c14-11-4-3-10(15)7-9(11)8-17-12(18)13(16)5-1-2-6-13/h3-4,7H,1-2,5-6,8,16H2,(H,17,18). The van der Waals surface area contributed by atoms with Crippen molar-refractivity contribution in [3.8, 4) is 0 Å². The molecule has 1 saturated carbocycles. The first-order valence-electron chi connectivity index (χ1n) is 6.02. The maximum atomic E-state index is 13.1. The molecule has 2 rings (SSSR count). The van der Waals surface area contributed by atoms with Gasteiger partial charge in [-0.25, -0.2) is 4.39 Å². The second-order valence-corrected chi connectivity index (χ2v) is 5.64. The number of carbonyl (C=O) groups excluding carboxylic acids is 1. The van der Waals surface area contributed by atoms with E-state index in [0.29, 0.717) is 5.56 Å². The van der Waals surface area contributed by atoms with Crippen LogP contribution in [0.15, 0.2) is 22.7 Å². The van der Waals surface area contributed by atoms with E-state index in [2.05, 4.69) is 21.2 Å². The smallest absolute Gasteiger partial charge is 0.240 e. The van der Waals surface area contributed by atoms with E-state index < -0.39 is 5.54 Å². The molecule has 1 aromatic carbocycles. The van der Waals surface area contributed by atoms with Gasteiger partial charge in [-0.3, -0.25) is 4.79 Å². The fourth-order valence-electron chi connectivity index (χ4n) is 2.26. The van der Waals surface area contributed by atoms with E-state index in [0.717, 1.165) is 30.2 Å². The number of carbonyl (C=O) groups is 1. The van der Waals surface area contributed by atoms with E-state index >= 15 is 0 Å². The molecule has 0 aromatic heterocycles. The van der Waals surface area contributed by atoms with E-state index in [1.807, 2.05) is 0 Å². The number of hydrogen-bond acceptors (Lipinski definition) is 2. The van der Waals surface area contributed by atoms with Crippen LogP contribution in [0.25, 0.3) is 0 Å². The summed E-state index contributed by atoms with van der Waals surface area (Å²) in [5.74, 6) is -0.457. The van der Waals surface area contributed by atoms with E-state index in [4.69, 9.17) is 5.73 Å². The van der Waals surface area contributed by atoms with Gasteiger partial charge in [0.05, 0.1) is 5.54 Å². The minimum Gasteiger partial charge on any atom is -0.350 e. The second-order valence-electron chi connectivity index (χ2n) is 4.78. The summed E-state index contributed by atoms with van der Waals surface area (Å²) in [5.41, 5.74) is 6.01. The van der Waals surface area contributed by atoms with Crippen LogP contribution in [0.1, 0.15) is 31.2 Å². The van der Waals surface area contributed by atoms with Gasteiger partial charge in [0.25, 0.3) is 0 Å². The zero-order valence-electron chi connectivity index (χ0n) is 10.0. The average Bonchev–Trinajstić information content (AvgIpc) is 2.78. The van der Waals surface area contributed by atoms with Crippen molar-refractivity contribution in [2.45, 2.75) is 37.8 Å². The first-order valence-corrected chi connectivity index (χ1v) is 6.82. The lowest BCUT2D eigenvalue weighted by Gasteiger charge is -2.22. The first-order chi connectivity index (χ1) is 8.51. The summed E-state index contributed by atoms with van der Waals surface area (Å²) in [5, 5.41) is 2.79. The quantitative estimate of drug-likeness (QED) is 0.900. The lowest BCUT2D eigenvalue weighted by Crippen LogP contribution is -2.51. The van der Waals surface area contributed by atoms with Crippen molar-refractivity contribution in [2.24, 2.45) is 5.73 Å². The number of hydrogen-bond donors (Lipinski definition) is 2. The molecule has 5 heteroatoms. The summed E-state index contributed by atoms with van der Waals surface area (Å²) < 4.78 is 13.9. The van der Waals surface area contributed by atoms with Crippen LogP contribution in [0.5, 0.6) is 0 Å². The average molecular weight is 315 g/mol. The largest absolute Gasteiger partial charge is 0.350 e. The van der Waals surface area contributed by atoms with Gasteiger partial charge in [-0.15, -0.1) is 0 Å². The highest BCUT2D eigenvalue weighted by Gasteiger charge is 2.36. The minimum atomic E-state index is -0.736. The van der Waals surface area contributed by atoms with E-state index in [-0.39, 0.29) is 18.3 Å².